The molecule has 0 atom stereocenters. The molecule has 0 saturated heterocycles. The van der Waals surface area contributed by atoms with Gasteiger partial charge in [0.15, 0.2) is 0 Å². The molecule has 0 nitrogen and oxygen atoms in total. The van der Waals surface area contributed by atoms with Gasteiger partial charge in [-0.2, -0.15) is 0 Å². The minimum Gasteiger partial charge on any atom is -0.206 e. The predicted octanol–water partition coefficient (Wildman–Crippen LogP) is 7.04. The van der Waals surface area contributed by atoms with Crippen molar-refractivity contribution in [3.63, 3.8) is 0 Å². The molecule has 20 heavy (non-hydrogen) atoms. The molecule has 0 aromatic heterocycles. The van der Waals surface area contributed by atoms with Gasteiger partial charge in [-0.25, -0.2) is 13.2 Å². The van der Waals surface area contributed by atoms with Gasteiger partial charge < -0.3 is 0 Å². The summed E-state index contributed by atoms with van der Waals surface area (Å²) in [6, 6.07) is 4.60. The first-order valence-corrected chi connectivity index (χ1v) is 6.75. The monoisotopic (exact) mass is 358 g/mol. The van der Waals surface area contributed by atoms with Crippen LogP contribution >= 0.6 is 46.4 Å². The summed E-state index contributed by atoms with van der Waals surface area (Å²) in [5, 5.41) is 0.0566. The summed E-state index contributed by atoms with van der Waals surface area (Å²) in [5.74, 6) is -0.907. The molecule has 2 aromatic carbocycles. The topological polar surface area (TPSA) is 0 Å². The highest BCUT2D eigenvalue weighted by atomic mass is 35.5. The number of hydrogen-bond donors (Lipinski definition) is 0. The van der Waals surface area contributed by atoms with Crippen molar-refractivity contribution in [2.45, 2.75) is 6.43 Å². The third-order valence-corrected chi connectivity index (χ3v) is 4.08. The van der Waals surface area contributed by atoms with E-state index in [4.69, 9.17) is 46.4 Å². The lowest BCUT2D eigenvalue weighted by molar-refractivity contribution is 0.151. The lowest BCUT2D eigenvalue weighted by atomic mass is 10.0. The standard InChI is InChI=1S/C13H5Cl4F3/c14-7-1-2-8(15)12(17)11(7)6-3-9(16)5(13(19)20)4-10(6)18/h1-4,13H. The van der Waals surface area contributed by atoms with Crippen LogP contribution < -0.4 is 0 Å². The Morgan fingerprint density at radius 2 is 1.45 bits per heavy atom. The molecule has 0 aliphatic rings. The summed E-state index contributed by atoms with van der Waals surface area (Å²) in [7, 11) is 0. The van der Waals surface area contributed by atoms with Crippen LogP contribution in [0.3, 0.4) is 0 Å². The van der Waals surface area contributed by atoms with Gasteiger partial charge in [0.05, 0.1) is 20.1 Å². The average Bonchev–Trinajstić information content (AvgIpc) is 2.37. The molecule has 0 aliphatic heterocycles. The third kappa shape index (κ3) is 2.86. The highest BCUT2D eigenvalue weighted by molar-refractivity contribution is 6.46. The van der Waals surface area contributed by atoms with Crippen LogP contribution in [-0.4, -0.2) is 0 Å². The first-order chi connectivity index (χ1) is 9.32. The van der Waals surface area contributed by atoms with Gasteiger partial charge in [0.25, 0.3) is 6.43 Å². The lowest BCUT2D eigenvalue weighted by Gasteiger charge is -2.12. The molecule has 7 heteroatoms. The third-order valence-electron chi connectivity index (χ3n) is 2.63. The van der Waals surface area contributed by atoms with Crippen molar-refractivity contribution < 1.29 is 13.2 Å². The second kappa shape index (κ2) is 6.02. The van der Waals surface area contributed by atoms with Crippen molar-refractivity contribution in [3.05, 3.63) is 55.7 Å². The molecule has 2 aromatic rings. The summed E-state index contributed by atoms with van der Waals surface area (Å²) in [6.45, 7) is 0. The van der Waals surface area contributed by atoms with Crippen molar-refractivity contribution in [2.24, 2.45) is 0 Å². The molecule has 0 saturated carbocycles. The molecule has 0 radical (unpaired) electrons. The first-order valence-electron chi connectivity index (χ1n) is 5.24. The van der Waals surface area contributed by atoms with Gasteiger partial charge in [-0.15, -0.1) is 0 Å². The minimum absolute atomic E-state index is 0.0268. The van der Waals surface area contributed by atoms with Gasteiger partial charge in [0.1, 0.15) is 5.82 Å². The Hall–Kier alpha value is -0.610. The second-order valence-corrected chi connectivity index (χ2v) is 5.47. The van der Waals surface area contributed by atoms with Crippen molar-refractivity contribution in [2.75, 3.05) is 0 Å². The van der Waals surface area contributed by atoms with Crippen LogP contribution in [0, 0.1) is 5.82 Å². The molecule has 0 aliphatic carbocycles. The normalized spacial score (nSPS) is 11.2. The second-order valence-electron chi connectivity index (χ2n) is 3.87. The van der Waals surface area contributed by atoms with E-state index in [1.54, 1.807) is 0 Å². The Balaban J connectivity index is 2.72. The van der Waals surface area contributed by atoms with Gasteiger partial charge >= 0.3 is 0 Å². The Bertz CT molecular complexity index is 671. The molecule has 106 valence electrons. The average molecular weight is 360 g/mol. The van der Waals surface area contributed by atoms with Crippen molar-refractivity contribution in [1.29, 1.82) is 0 Å². The van der Waals surface area contributed by atoms with E-state index in [-0.39, 0.29) is 31.2 Å². The summed E-state index contributed by atoms with van der Waals surface area (Å²) in [4.78, 5) is 0. The zero-order valence-corrected chi connectivity index (χ0v) is 12.6. The summed E-state index contributed by atoms with van der Waals surface area (Å²) in [6.07, 6.45) is -2.88. The van der Waals surface area contributed by atoms with Crippen molar-refractivity contribution in [3.8, 4) is 11.1 Å². The van der Waals surface area contributed by atoms with Gasteiger partial charge in [-0.3, -0.25) is 0 Å². The van der Waals surface area contributed by atoms with Gasteiger partial charge in [0, 0.05) is 16.7 Å². The quantitative estimate of drug-likeness (QED) is 0.504. The SMILES string of the molecule is Fc1cc(C(F)F)c(Cl)cc1-c1c(Cl)ccc(Cl)c1Cl. The van der Waals surface area contributed by atoms with Crippen molar-refractivity contribution in [1.82, 2.24) is 0 Å². The zero-order chi connectivity index (χ0) is 15.0. The van der Waals surface area contributed by atoms with E-state index < -0.39 is 17.8 Å². The Kier molecular flexibility index (Phi) is 4.75. The summed E-state index contributed by atoms with van der Waals surface area (Å²) < 4.78 is 39.3. The van der Waals surface area contributed by atoms with Crippen LogP contribution in [0.5, 0.6) is 0 Å². The Morgan fingerprint density at radius 1 is 0.850 bits per heavy atom. The molecule has 0 amide bonds. The van der Waals surface area contributed by atoms with E-state index in [1.165, 1.54) is 12.1 Å². The maximum Gasteiger partial charge on any atom is 0.265 e. The number of halogens is 7. The van der Waals surface area contributed by atoms with Crippen LogP contribution in [0.15, 0.2) is 24.3 Å². The van der Waals surface area contributed by atoms with Crippen molar-refractivity contribution >= 4 is 46.4 Å². The molecule has 0 spiro atoms. The molecular formula is C13H5Cl4F3. The number of alkyl halides is 2. The lowest BCUT2D eigenvalue weighted by Crippen LogP contribution is -1.93. The largest absolute Gasteiger partial charge is 0.265 e. The van der Waals surface area contributed by atoms with Crippen LogP contribution in [0.25, 0.3) is 11.1 Å². The van der Waals surface area contributed by atoms with Crippen LogP contribution in [0.4, 0.5) is 13.2 Å². The molecule has 0 heterocycles. The highest BCUT2D eigenvalue weighted by Crippen LogP contribution is 2.42. The Labute approximate surface area is 133 Å². The maximum absolute atomic E-state index is 14.0. The predicted molar refractivity (Wildman–Crippen MR) is 76.8 cm³/mol. The number of hydrogen-bond acceptors (Lipinski definition) is 0. The minimum atomic E-state index is -2.88. The summed E-state index contributed by atoms with van der Waals surface area (Å²) >= 11 is 23.5. The molecule has 0 bridgehead atoms. The van der Waals surface area contributed by atoms with E-state index >= 15 is 0 Å². The molecular weight excluding hydrogens is 355 g/mol. The van der Waals surface area contributed by atoms with Crippen LogP contribution in [-0.2, 0) is 0 Å². The van der Waals surface area contributed by atoms with Crippen LogP contribution in [0.2, 0.25) is 20.1 Å². The Morgan fingerprint density at radius 3 is 2.05 bits per heavy atom. The molecule has 0 fully saturated rings. The fourth-order valence-electron chi connectivity index (χ4n) is 1.69. The van der Waals surface area contributed by atoms with E-state index in [0.29, 0.717) is 6.07 Å². The highest BCUT2D eigenvalue weighted by Gasteiger charge is 2.20. The van der Waals surface area contributed by atoms with E-state index in [2.05, 4.69) is 0 Å². The molecule has 0 unspecified atom stereocenters. The van der Waals surface area contributed by atoms with E-state index in [1.807, 2.05) is 0 Å². The van der Waals surface area contributed by atoms with Gasteiger partial charge in [-0.1, -0.05) is 46.4 Å². The van der Waals surface area contributed by atoms with E-state index in [9.17, 15) is 13.2 Å². The summed E-state index contributed by atoms with van der Waals surface area (Å²) in [5.41, 5.74) is -0.569. The smallest absolute Gasteiger partial charge is 0.206 e. The number of benzene rings is 2. The van der Waals surface area contributed by atoms with Gasteiger partial charge in [-0.05, 0) is 24.3 Å². The zero-order valence-electron chi connectivity index (χ0n) is 9.53. The fourth-order valence-corrected chi connectivity index (χ4v) is 2.67. The van der Waals surface area contributed by atoms with Gasteiger partial charge in [0.2, 0.25) is 0 Å². The van der Waals surface area contributed by atoms with Crippen LogP contribution in [0.1, 0.15) is 12.0 Å². The first kappa shape index (κ1) is 15.8. The van der Waals surface area contributed by atoms with E-state index in [0.717, 1.165) is 6.07 Å². The molecule has 2 rings (SSSR count). The fraction of sp³-hybridized carbons (Fsp3) is 0.0769. The number of rotatable bonds is 2. The maximum atomic E-state index is 14.0. The molecule has 0 N–H and O–H groups in total.